The van der Waals surface area contributed by atoms with E-state index in [0.717, 1.165) is 94.4 Å². The van der Waals surface area contributed by atoms with E-state index in [-0.39, 0.29) is 42.5 Å². The number of benzene rings is 2. The van der Waals surface area contributed by atoms with E-state index >= 15 is 0 Å². The number of nitrogens with one attached hydrogen (secondary N) is 2. The third-order valence-corrected chi connectivity index (χ3v) is 15.0. The molecule has 6 heterocycles. The minimum Gasteiger partial charge on any atom is -0.496 e. The quantitative estimate of drug-likeness (QED) is 0.124. The molecule has 4 unspecified atom stereocenters. The number of rotatable bonds is 7. The van der Waals surface area contributed by atoms with Gasteiger partial charge >= 0.3 is 17.9 Å². The fraction of sp³-hybridized carbons (Fsp3) is 0.543. The Morgan fingerprint density at radius 3 is 2.49 bits per heavy atom. The standard InChI is InChI=1S/C46H56N4O7/c1-8-27-18-26-21-45(43(52)55-6)41-31(16-17-50(22-26)42(27)45)30-14-15-36(54-5)38(40(30)48-41)33-19-34-28(9-2)23-49(4)37(46(34,44(53)56-7)24-57-25(3)51)20-32-29-12-10-11-13-35(29)47-39(32)33/h9-15,26-27,33-34,37,42,47-48H,8,16-24H2,1-7H3/b28-9-/t26-,27-,33?,34+,37-,42?,45-,46?/m0/s1. The van der Waals surface area contributed by atoms with Gasteiger partial charge in [0.2, 0.25) is 0 Å². The normalized spacial score (nSPS) is 32.5. The van der Waals surface area contributed by atoms with Gasteiger partial charge in [0.15, 0.2) is 0 Å². The first-order valence-electron chi connectivity index (χ1n) is 20.8. The molecule has 10 rings (SSSR count). The first kappa shape index (κ1) is 37.9. The van der Waals surface area contributed by atoms with Crippen molar-refractivity contribution in [3.63, 3.8) is 0 Å². The molecule has 0 radical (unpaired) electrons. The van der Waals surface area contributed by atoms with Gasteiger partial charge < -0.3 is 28.9 Å². The van der Waals surface area contributed by atoms with Crippen LogP contribution in [0.4, 0.5) is 0 Å². The molecule has 302 valence electrons. The summed E-state index contributed by atoms with van der Waals surface area (Å²) in [6.07, 6.45) is 6.88. The summed E-state index contributed by atoms with van der Waals surface area (Å²) in [5.74, 6) is -0.0890. The average Bonchev–Trinajstić information content (AvgIpc) is 3.76. The molecule has 4 aliphatic heterocycles. The average molecular weight is 777 g/mol. The Kier molecular flexibility index (Phi) is 9.35. The van der Waals surface area contributed by atoms with Gasteiger partial charge in [0.05, 0.1) is 26.8 Å². The molecule has 4 aromatic rings. The Morgan fingerprint density at radius 2 is 1.77 bits per heavy atom. The Bertz CT molecular complexity index is 2310. The number of para-hydroxylation sites is 1. The predicted octanol–water partition coefficient (Wildman–Crippen LogP) is 6.42. The summed E-state index contributed by atoms with van der Waals surface area (Å²) in [5, 5.41) is 2.18. The fourth-order valence-electron chi connectivity index (χ4n) is 12.9. The number of likely N-dealkylation sites (tertiary alicyclic amines) is 1. The zero-order valence-electron chi connectivity index (χ0n) is 34.3. The molecule has 2 N–H and O–H groups in total. The number of piperidine rings is 3. The van der Waals surface area contributed by atoms with Gasteiger partial charge in [-0.15, -0.1) is 0 Å². The number of allylic oxidation sites excluding steroid dienone is 1. The minimum absolute atomic E-state index is 0.0525. The number of fused-ring (bicyclic) bond motifs is 9. The van der Waals surface area contributed by atoms with Gasteiger partial charge in [-0.1, -0.05) is 43.2 Å². The third kappa shape index (κ3) is 5.33. The van der Waals surface area contributed by atoms with Crippen molar-refractivity contribution in [2.75, 3.05) is 54.6 Å². The largest absolute Gasteiger partial charge is 0.496 e. The van der Waals surface area contributed by atoms with E-state index < -0.39 is 16.8 Å². The molecular weight excluding hydrogens is 721 g/mol. The summed E-state index contributed by atoms with van der Waals surface area (Å²) in [5.41, 5.74) is 6.40. The van der Waals surface area contributed by atoms with Crippen LogP contribution in [0.15, 0.2) is 48.0 Å². The van der Waals surface area contributed by atoms with E-state index in [1.807, 2.05) is 13.0 Å². The number of ether oxygens (including phenoxy) is 4. The Balaban J connectivity index is 1.34. The Hall–Kier alpha value is -4.61. The second-order valence-electron chi connectivity index (χ2n) is 17.4. The number of nitrogens with zero attached hydrogens (tertiary/aromatic N) is 2. The molecule has 57 heavy (non-hydrogen) atoms. The van der Waals surface area contributed by atoms with Crippen molar-refractivity contribution in [2.24, 2.45) is 23.2 Å². The van der Waals surface area contributed by atoms with Crippen molar-refractivity contribution in [1.29, 1.82) is 0 Å². The highest BCUT2D eigenvalue weighted by Gasteiger charge is 2.63. The van der Waals surface area contributed by atoms with Crippen molar-refractivity contribution in [3.8, 4) is 5.75 Å². The molecule has 11 heteroatoms. The fourth-order valence-corrected chi connectivity index (χ4v) is 12.9. The van der Waals surface area contributed by atoms with Crippen LogP contribution >= 0.6 is 0 Å². The topological polar surface area (TPSA) is 126 Å². The lowest BCUT2D eigenvalue weighted by molar-refractivity contribution is -0.175. The zero-order valence-corrected chi connectivity index (χ0v) is 34.3. The summed E-state index contributed by atoms with van der Waals surface area (Å²) >= 11 is 0. The van der Waals surface area contributed by atoms with Gasteiger partial charge in [-0.3, -0.25) is 24.2 Å². The van der Waals surface area contributed by atoms with Crippen LogP contribution in [0.3, 0.4) is 0 Å². The van der Waals surface area contributed by atoms with Gasteiger partial charge in [0.25, 0.3) is 0 Å². The SMILES string of the molecule is C/C=C1/CN(C)[C@H]2Cc3c([nH]c4ccccc34)C(c3c(OC)ccc4c5c([nH]c34)[C@@]3(C(=O)OC)C[C@@H]4C[C@H](CC)C3N(CC5)C4)C[C@H]1C2(COC(C)=O)C(=O)OC. The summed E-state index contributed by atoms with van der Waals surface area (Å²) in [6, 6.07) is 12.3. The van der Waals surface area contributed by atoms with Crippen LogP contribution in [0.25, 0.3) is 21.8 Å². The van der Waals surface area contributed by atoms with Crippen LogP contribution in [-0.4, -0.2) is 104 Å². The predicted molar refractivity (Wildman–Crippen MR) is 217 cm³/mol. The van der Waals surface area contributed by atoms with Crippen molar-refractivity contribution >= 4 is 39.7 Å². The highest BCUT2D eigenvalue weighted by molar-refractivity contribution is 5.95. The lowest BCUT2D eigenvalue weighted by Gasteiger charge is -2.57. The Morgan fingerprint density at radius 1 is 0.982 bits per heavy atom. The highest BCUT2D eigenvalue weighted by atomic mass is 16.5. The zero-order chi connectivity index (χ0) is 40.0. The summed E-state index contributed by atoms with van der Waals surface area (Å²) in [4.78, 5) is 54.5. The van der Waals surface area contributed by atoms with Crippen LogP contribution in [0.1, 0.15) is 80.5 Å². The van der Waals surface area contributed by atoms with Gasteiger partial charge in [-0.2, -0.15) is 0 Å². The number of aromatic nitrogens is 2. The number of hydrogen-bond donors (Lipinski definition) is 2. The van der Waals surface area contributed by atoms with Gasteiger partial charge in [0, 0.05) is 83.7 Å². The molecule has 2 aromatic carbocycles. The summed E-state index contributed by atoms with van der Waals surface area (Å²) in [6.45, 7) is 8.14. The molecule has 2 aromatic heterocycles. The number of H-pyrrole nitrogens is 2. The van der Waals surface area contributed by atoms with Crippen molar-refractivity contribution < 1.29 is 33.3 Å². The monoisotopic (exact) mass is 776 g/mol. The molecule has 0 amide bonds. The number of likely N-dealkylation sites (N-methyl/N-ethyl adjacent to an activating group) is 1. The van der Waals surface area contributed by atoms with E-state index in [2.05, 4.69) is 70.1 Å². The van der Waals surface area contributed by atoms with Crippen molar-refractivity contribution in [2.45, 2.75) is 82.7 Å². The number of carbonyl (C=O) groups excluding carboxylic acids is 3. The first-order valence-corrected chi connectivity index (χ1v) is 20.8. The highest BCUT2D eigenvalue weighted by Crippen LogP contribution is 2.58. The molecule has 0 spiro atoms. The molecule has 1 saturated carbocycles. The summed E-state index contributed by atoms with van der Waals surface area (Å²) < 4.78 is 23.8. The summed E-state index contributed by atoms with van der Waals surface area (Å²) in [7, 11) is 6.75. The number of carbonyl (C=O) groups is 3. The molecule has 9 atom stereocenters. The second kappa shape index (κ2) is 14.0. The van der Waals surface area contributed by atoms with Crippen LogP contribution in [0.2, 0.25) is 0 Å². The van der Waals surface area contributed by atoms with Gasteiger partial charge in [-0.05, 0) is 87.2 Å². The first-order chi connectivity index (χ1) is 27.6. The van der Waals surface area contributed by atoms with Crippen LogP contribution < -0.4 is 4.74 Å². The van der Waals surface area contributed by atoms with E-state index in [1.165, 1.54) is 26.7 Å². The van der Waals surface area contributed by atoms with Gasteiger partial charge in [-0.25, -0.2) is 0 Å². The minimum atomic E-state index is -1.20. The van der Waals surface area contributed by atoms with Gasteiger partial charge in [0.1, 0.15) is 23.2 Å². The van der Waals surface area contributed by atoms with Crippen molar-refractivity contribution in [3.05, 3.63) is 76.1 Å². The van der Waals surface area contributed by atoms with Crippen molar-refractivity contribution in [1.82, 2.24) is 19.8 Å². The van der Waals surface area contributed by atoms with Crippen LogP contribution in [-0.2, 0) is 46.9 Å². The maximum Gasteiger partial charge on any atom is 0.319 e. The third-order valence-electron chi connectivity index (χ3n) is 15.0. The molecule has 6 bridgehead atoms. The number of aromatic amines is 2. The van der Waals surface area contributed by atoms with E-state index in [0.29, 0.717) is 31.2 Å². The van der Waals surface area contributed by atoms with E-state index in [4.69, 9.17) is 18.9 Å². The van der Waals surface area contributed by atoms with E-state index in [9.17, 15) is 14.4 Å². The Labute approximate surface area is 334 Å². The maximum atomic E-state index is 14.6. The molecule has 4 fully saturated rings. The van der Waals surface area contributed by atoms with E-state index in [1.54, 1.807) is 7.11 Å². The maximum absolute atomic E-state index is 14.6. The van der Waals surface area contributed by atoms with Crippen LogP contribution in [0.5, 0.6) is 5.75 Å². The molecule has 6 aliphatic rings. The smallest absolute Gasteiger partial charge is 0.319 e. The lowest BCUT2D eigenvalue weighted by atomic mass is 9.56. The lowest BCUT2D eigenvalue weighted by Crippen LogP contribution is -2.67. The second-order valence-corrected chi connectivity index (χ2v) is 17.4. The number of hydrogen-bond acceptors (Lipinski definition) is 9. The molecular formula is C46H56N4O7. The molecule has 11 nitrogen and oxygen atoms in total. The number of methoxy groups -OCH3 is 3. The number of esters is 3. The van der Waals surface area contributed by atoms with Crippen LogP contribution in [0, 0.1) is 23.2 Å². The molecule has 3 saturated heterocycles. The molecule has 2 aliphatic carbocycles.